The van der Waals surface area contributed by atoms with Gasteiger partial charge < -0.3 is 5.32 Å². The van der Waals surface area contributed by atoms with Gasteiger partial charge in [-0.15, -0.1) is 0 Å². The van der Waals surface area contributed by atoms with Crippen molar-refractivity contribution >= 4 is 23.1 Å². The predicted molar refractivity (Wildman–Crippen MR) is 114 cm³/mol. The largest absolute Gasteiger partial charge is 0.338 e. The molecule has 1 unspecified atom stereocenters. The van der Waals surface area contributed by atoms with Crippen LogP contribution in [0.3, 0.4) is 0 Å². The molecule has 0 saturated carbocycles. The normalized spacial score (nSPS) is 15.4. The number of nitrogens with one attached hydrogen (secondary N) is 1. The van der Waals surface area contributed by atoms with E-state index in [1.54, 1.807) is 0 Å². The maximum Gasteiger partial charge on any atom is 0.152 e. The van der Waals surface area contributed by atoms with E-state index in [-0.39, 0.29) is 6.04 Å². The zero-order chi connectivity index (χ0) is 19.0. The number of fused-ring (bicyclic) bond motifs is 1. The van der Waals surface area contributed by atoms with Gasteiger partial charge in [0.1, 0.15) is 5.69 Å². The zero-order valence-corrected chi connectivity index (χ0v) is 16.5. The lowest BCUT2D eigenvalue weighted by Crippen LogP contribution is -2.14. The highest BCUT2D eigenvalue weighted by atomic mass is 35.5. The number of nitrogens with zero attached hydrogens (tertiary/aromatic N) is 2. The van der Waals surface area contributed by atoms with Crippen molar-refractivity contribution in [3.63, 3.8) is 0 Å². The molecule has 0 amide bonds. The van der Waals surface area contributed by atoms with Gasteiger partial charge in [-0.25, -0.2) is 0 Å². The first-order valence-corrected chi connectivity index (χ1v) is 9.65. The Morgan fingerprint density at radius 2 is 1.85 bits per heavy atom. The molecule has 3 aromatic rings. The van der Waals surface area contributed by atoms with Crippen molar-refractivity contribution in [2.24, 2.45) is 4.99 Å². The number of hydrogen-bond donors (Lipinski definition) is 1. The Kier molecular flexibility index (Phi) is 4.71. The lowest BCUT2D eigenvalue weighted by atomic mass is 9.99. The van der Waals surface area contributed by atoms with Gasteiger partial charge in [0.2, 0.25) is 0 Å². The number of rotatable bonds is 3. The fraction of sp³-hybridized carbons (Fsp3) is 0.217. The van der Waals surface area contributed by atoms with Gasteiger partial charge in [-0.2, -0.15) is 0 Å². The maximum atomic E-state index is 6.61. The molecule has 1 aromatic heterocycles. The summed E-state index contributed by atoms with van der Waals surface area (Å²) in [5.41, 5.74) is 7.58. The van der Waals surface area contributed by atoms with Crippen LogP contribution in [-0.4, -0.2) is 10.8 Å². The zero-order valence-electron chi connectivity index (χ0n) is 15.8. The highest BCUT2D eigenvalue weighted by Crippen LogP contribution is 2.37. The summed E-state index contributed by atoms with van der Waals surface area (Å²) in [4.78, 5) is 9.44. The number of hydrogen-bond acceptors (Lipinski definition) is 3. The van der Waals surface area contributed by atoms with Gasteiger partial charge in [-0.3, -0.25) is 9.98 Å². The maximum absolute atomic E-state index is 6.61. The Morgan fingerprint density at radius 1 is 1.07 bits per heavy atom. The minimum atomic E-state index is 0.00612. The van der Waals surface area contributed by atoms with Crippen LogP contribution in [0.5, 0.6) is 0 Å². The Balaban J connectivity index is 1.71. The molecule has 1 aliphatic rings. The Morgan fingerprint density at radius 3 is 2.59 bits per heavy atom. The van der Waals surface area contributed by atoms with E-state index in [1.807, 2.05) is 12.3 Å². The summed E-state index contributed by atoms with van der Waals surface area (Å²) >= 11 is 6.61. The van der Waals surface area contributed by atoms with E-state index >= 15 is 0 Å². The summed E-state index contributed by atoms with van der Waals surface area (Å²) < 4.78 is 0. The number of aryl methyl sites for hydroxylation is 1. The highest BCUT2D eigenvalue weighted by molar-refractivity contribution is 6.33. The third-order valence-corrected chi connectivity index (χ3v) is 5.59. The Bertz CT molecular complexity index is 1030. The number of aliphatic imine (C=N–C) groups is 1. The monoisotopic (exact) mass is 375 g/mol. The molecular weight excluding hydrogens is 354 g/mol. The predicted octanol–water partition coefficient (Wildman–Crippen LogP) is 6.21. The van der Waals surface area contributed by atoms with Crippen LogP contribution in [0, 0.1) is 6.92 Å². The summed E-state index contributed by atoms with van der Waals surface area (Å²) in [5.74, 6) is 0.787. The van der Waals surface area contributed by atoms with Crippen molar-refractivity contribution in [1.29, 1.82) is 0 Å². The number of amidine groups is 1. The van der Waals surface area contributed by atoms with Crippen molar-refractivity contribution in [3.05, 3.63) is 82.1 Å². The molecule has 136 valence electrons. The highest BCUT2D eigenvalue weighted by Gasteiger charge is 2.27. The number of anilines is 1. The quantitative estimate of drug-likeness (QED) is 0.591. The van der Waals surface area contributed by atoms with Gasteiger partial charge in [0.05, 0.1) is 11.1 Å². The first-order valence-electron chi connectivity index (χ1n) is 9.27. The number of aromatic nitrogens is 1. The molecule has 2 heterocycles. The summed E-state index contributed by atoms with van der Waals surface area (Å²) in [6, 6.07) is 16.7. The molecule has 1 N–H and O–H groups in total. The van der Waals surface area contributed by atoms with Crippen molar-refractivity contribution in [2.75, 3.05) is 5.32 Å². The van der Waals surface area contributed by atoms with E-state index in [2.05, 4.69) is 73.5 Å². The Hall–Kier alpha value is -2.65. The lowest BCUT2D eigenvalue weighted by molar-refractivity contribution is 0.834. The van der Waals surface area contributed by atoms with Crippen LogP contribution in [0.1, 0.15) is 42.3 Å². The standard InChI is InChI=1S/C23H22ClN3/c1-4-16-13-25-22-20(21(16)24)15(3)26-23(22)27-19-12-8-11-18(14(19)2)17-9-6-5-7-10-17/h5-13,15H,4H2,1-3H3,(H,26,27). The van der Waals surface area contributed by atoms with Gasteiger partial charge in [0.15, 0.2) is 5.84 Å². The first kappa shape index (κ1) is 17.7. The summed E-state index contributed by atoms with van der Waals surface area (Å²) in [7, 11) is 0. The van der Waals surface area contributed by atoms with E-state index < -0.39 is 0 Å². The van der Waals surface area contributed by atoms with Crippen LogP contribution in [0.2, 0.25) is 5.02 Å². The van der Waals surface area contributed by atoms with Crippen LogP contribution < -0.4 is 5.32 Å². The van der Waals surface area contributed by atoms with E-state index in [9.17, 15) is 0 Å². The molecule has 27 heavy (non-hydrogen) atoms. The molecule has 0 bridgehead atoms. The molecule has 0 saturated heterocycles. The molecule has 3 nitrogen and oxygen atoms in total. The smallest absolute Gasteiger partial charge is 0.152 e. The van der Waals surface area contributed by atoms with Crippen LogP contribution in [0.4, 0.5) is 5.69 Å². The third-order valence-electron chi connectivity index (χ3n) is 5.14. The second kappa shape index (κ2) is 7.16. The van der Waals surface area contributed by atoms with Gasteiger partial charge in [-0.05, 0) is 48.6 Å². The second-order valence-electron chi connectivity index (χ2n) is 6.84. The van der Waals surface area contributed by atoms with E-state index in [0.29, 0.717) is 0 Å². The van der Waals surface area contributed by atoms with Crippen LogP contribution in [0.25, 0.3) is 11.1 Å². The van der Waals surface area contributed by atoms with Gasteiger partial charge >= 0.3 is 0 Å². The molecule has 0 aliphatic carbocycles. The van der Waals surface area contributed by atoms with Gasteiger partial charge in [0, 0.05) is 17.4 Å². The molecule has 4 heteroatoms. The molecule has 4 rings (SSSR count). The molecule has 1 aliphatic heterocycles. The Labute approximate surface area is 165 Å². The van der Waals surface area contributed by atoms with Crippen LogP contribution in [-0.2, 0) is 6.42 Å². The summed E-state index contributed by atoms with van der Waals surface area (Å²) in [6.45, 7) is 6.28. The van der Waals surface area contributed by atoms with Crippen LogP contribution >= 0.6 is 11.6 Å². The number of pyridine rings is 1. The van der Waals surface area contributed by atoms with Crippen molar-refractivity contribution in [2.45, 2.75) is 33.2 Å². The molecule has 0 spiro atoms. The first-order chi connectivity index (χ1) is 13.1. The fourth-order valence-corrected chi connectivity index (χ4v) is 4.03. The van der Waals surface area contributed by atoms with E-state index in [4.69, 9.17) is 16.6 Å². The minimum Gasteiger partial charge on any atom is -0.338 e. The summed E-state index contributed by atoms with van der Waals surface area (Å²) in [6.07, 6.45) is 2.73. The van der Waals surface area contributed by atoms with Gasteiger partial charge in [-0.1, -0.05) is 61.0 Å². The molecule has 0 radical (unpaired) electrons. The molecule has 1 atom stereocenters. The van der Waals surface area contributed by atoms with Gasteiger partial charge in [0.25, 0.3) is 0 Å². The second-order valence-corrected chi connectivity index (χ2v) is 7.21. The molecular formula is C23H22ClN3. The molecule has 0 fully saturated rings. The average Bonchev–Trinajstić information content (AvgIpc) is 3.00. The molecule has 2 aromatic carbocycles. The van der Waals surface area contributed by atoms with Crippen LogP contribution in [0.15, 0.2) is 59.7 Å². The van der Waals surface area contributed by atoms with Crippen molar-refractivity contribution in [1.82, 2.24) is 4.98 Å². The average molecular weight is 376 g/mol. The fourth-order valence-electron chi connectivity index (χ4n) is 3.60. The van der Waals surface area contributed by atoms with Crippen molar-refractivity contribution in [3.8, 4) is 11.1 Å². The summed E-state index contributed by atoms with van der Waals surface area (Å²) in [5, 5.41) is 4.30. The number of benzene rings is 2. The van der Waals surface area contributed by atoms with E-state index in [0.717, 1.165) is 39.8 Å². The topological polar surface area (TPSA) is 37.3 Å². The minimum absolute atomic E-state index is 0.00612. The third kappa shape index (κ3) is 3.13. The number of halogens is 1. The van der Waals surface area contributed by atoms with E-state index in [1.165, 1.54) is 16.7 Å². The van der Waals surface area contributed by atoms with Crippen molar-refractivity contribution < 1.29 is 0 Å². The lowest BCUT2D eigenvalue weighted by Gasteiger charge is -2.14. The SMILES string of the molecule is CCc1cnc2c(c1Cl)C(C)N=C2Nc1cccc(-c2ccccc2)c1C.